The van der Waals surface area contributed by atoms with E-state index in [1.165, 1.54) is 12.1 Å². The molecule has 0 radical (unpaired) electrons. The number of nitrogens with zero attached hydrogens (tertiary/aromatic N) is 2. The molecule has 0 unspecified atom stereocenters. The van der Waals surface area contributed by atoms with Gasteiger partial charge in [0.05, 0.1) is 0 Å². The Kier molecular flexibility index (Phi) is 4.21. The van der Waals surface area contributed by atoms with Gasteiger partial charge in [0.25, 0.3) is 5.91 Å². The summed E-state index contributed by atoms with van der Waals surface area (Å²) in [5.41, 5.74) is 1.26. The highest BCUT2D eigenvalue weighted by Crippen LogP contribution is 2.21. The zero-order valence-electron chi connectivity index (χ0n) is 12.6. The first-order chi connectivity index (χ1) is 11.7. The van der Waals surface area contributed by atoms with Crippen LogP contribution in [-0.2, 0) is 4.79 Å². The number of benzene rings is 2. The number of amides is 1. The number of phenols is 1. The quantitative estimate of drug-likeness (QED) is 0.440. The van der Waals surface area contributed by atoms with Gasteiger partial charge in [-0.2, -0.15) is 5.26 Å². The lowest BCUT2D eigenvalue weighted by Gasteiger charge is -2.05. The first-order valence-electron chi connectivity index (χ1n) is 7.22. The molecule has 0 aliphatic carbocycles. The highest BCUT2D eigenvalue weighted by Gasteiger charge is 2.10. The summed E-state index contributed by atoms with van der Waals surface area (Å²) in [6, 6.07) is 15.4. The minimum atomic E-state index is -0.505. The molecular formula is C19H13N3O2. The molecule has 1 amide bonds. The fourth-order valence-corrected chi connectivity index (χ4v) is 2.32. The molecule has 5 heteroatoms. The van der Waals surface area contributed by atoms with Gasteiger partial charge in [0.2, 0.25) is 0 Å². The maximum Gasteiger partial charge on any atom is 0.266 e. The van der Waals surface area contributed by atoms with Gasteiger partial charge >= 0.3 is 0 Å². The van der Waals surface area contributed by atoms with Crippen molar-refractivity contribution in [1.82, 2.24) is 4.98 Å². The number of carbonyl (C=O) groups excluding carboxylic acids is 1. The van der Waals surface area contributed by atoms with Crippen molar-refractivity contribution >= 4 is 28.4 Å². The van der Waals surface area contributed by atoms with Crippen molar-refractivity contribution in [2.45, 2.75) is 0 Å². The van der Waals surface area contributed by atoms with E-state index >= 15 is 0 Å². The van der Waals surface area contributed by atoms with Crippen LogP contribution in [0.5, 0.6) is 5.75 Å². The third kappa shape index (κ3) is 3.23. The SMILES string of the molecule is N#CC(=Cc1cccc2cnccc12)C(=O)Nc1ccc(O)cc1. The molecule has 116 valence electrons. The Morgan fingerprint density at radius 1 is 1.17 bits per heavy atom. The Bertz CT molecular complexity index is 965. The molecule has 2 N–H and O–H groups in total. The number of fused-ring (bicyclic) bond motifs is 1. The largest absolute Gasteiger partial charge is 0.508 e. The number of aromatic nitrogens is 1. The van der Waals surface area contributed by atoms with Gasteiger partial charge in [-0.1, -0.05) is 18.2 Å². The smallest absolute Gasteiger partial charge is 0.266 e. The molecule has 1 heterocycles. The predicted octanol–water partition coefficient (Wildman–Crippen LogP) is 3.49. The van der Waals surface area contributed by atoms with Crippen LogP contribution in [0.25, 0.3) is 16.8 Å². The van der Waals surface area contributed by atoms with Gasteiger partial charge in [0, 0.05) is 23.5 Å². The van der Waals surface area contributed by atoms with E-state index in [9.17, 15) is 15.2 Å². The molecule has 0 bridgehead atoms. The van der Waals surface area contributed by atoms with Gasteiger partial charge in [0.15, 0.2) is 0 Å². The fourth-order valence-electron chi connectivity index (χ4n) is 2.32. The summed E-state index contributed by atoms with van der Waals surface area (Å²) in [5.74, 6) is -0.400. The second kappa shape index (κ2) is 6.63. The fraction of sp³-hybridized carbons (Fsp3) is 0. The molecule has 0 atom stereocenters. The van der Waals surface area contributed by atoms with E-state index in [2.05, 4.69) is 10.3 Å². The number of phenolic OH excluding ortho intramolecular Hbond substituents is 1. The minimum absolute atomic E-state index is 0.00705. The second-order valence-corrected chi connectivity index (χ2v) is 5.11. The summed E-state index contributed by atoms with van der Waals surface area (Å²) < 4.78 is 0. The van der Waals surface area contributed by atoms with Gasteiger partial charge in [0.1, 0.15) is 17.4 Å². The average Bonchev–Trinajstić information content (AvgIpc) is 2.61. The van der Waals surface area contributed by atoms with E-state index in [0.29, 0.717) is 5.69 Å². The Morgan fingerprint density at radius 3 is 2.71 bits per heavy atom. The number of pyridine rings is 1. The number of hydrogen-bond acceptors (Lipinski definition) is 4. The van der Waals surface area contributed by atoms with Crippen LogP contribution in [0.15, 0.2) is 66.5 Å². The molecule has 0 aliphatic heterocycles. The van der Waals surface area contributed by atoms with E-state index in [4.69, 9.17) is 0 Å². The zero-order chi connectivity index (χ0) is 16.9. The van der Waals surface area contributed by atoms with Crippen LogP contribution in [-0.4, -0.2) is 16.0 Å². The standard InChI is InChI=1S/C19H13N3O2/c20-11-15(19(24)22-16-4-6-17(23)7-5-16)10-13-2-1-3-14-12-21-9-8-18(13)14/h1-10,12,23H,(H,22,24). The monoisotopic (exact) mass is 315 g/mol. The first-order valence-corrected chi connectivity index (χ1v) is 7.22. The number of nitrogens with one attached hydrogen (secondary N) is 1. The number of aromatic hydroxyl groups is 1. The number of anilines is 1. The molecule has 0 saturated carbocycles. The highest BCUT2D eigenvalue weighted by molar-refractivity contribution is 6.10. The van der Waals surface area contributed by atoms with Crippen LogP contribution in [0.3, 0.4) is 0 Å². The third-order valence-electron chi connectivity index (χ3n) is 3.50. The van der Waals surface area contributed by atoms with E-state index in [-0.39, 0.29) is 11.3 Å². The zero-order valence-corrected chi connectivity index (χ0v) is 12.6. The molecule has 0 aliphatic rings. The van der Waals surface area contributed by atoms with E-state index < -0.39 is 5.91 Å². The molecule has 2 aromatic carbocycles. The molecule has 3 aromatic rings. The van der Waals surface area contributed by atoms with Gasteiger partial charge < -0.3 is 10.4 Å². The third-order valence-corrected chi connectivity index (χ3v) is 3.50. The van der Waals surface area contributed by atoms with Crippen molar-refractivity contribution in [2.24, 2.45) is 0 Å². The Morgan fingerprint density at radius 2 is 1.96 bits per heavy atom. The lowest BCUT2D eigenvalue weighted by atomic mass is 10.0. The van der Waals surface area contributed by atoms with Crippen molar-refractivity contribution in [1.29, 1.82) is 5.26 Å². The normalized spacial score (nSPS) is 11.0. The van der Waals surface area contributed by atoms with Crippen LogP contribution in [0.1, 0.15) is 5.56 Å². The summed E-state index contributed by atoms with van der Waals surface area (Å²) >= 11 is 0. The van der Waals surface area contributed by atoms with Gasteiger partial charge in [-0.15, -0.1) is 0 Å². The lowest BCUT2D eigenvalue weighted by molar-refractivity contribution is -0.112. The molecule has 3 rings (SSSR count). The van der Waals surface area contributed by atoms with Crippen LogP contribution in [0, 0.1) is 11.3 Å². The topological polar surface area (TPSA) is 86.0 Å². The molecule has 0 spiro atoms. The lowest BCUT2D eigenvalue weighted by Crippen LogP contribution is -2.13. The van der Waals surface area contributed by atoms with Crippen molar-refractivity contribution in [3.63, 3.8) is 0 Å². The predicted molar refractivity (Wildman–Crippen MR) is 92.1 cm³/mol. The Balaban J connectivity index is 1.92. The van der Waals surface area contributed by atoms with Crippen LogP contribution < -0.4 is 5.32 Å². The maximum atomic E-state index is 12.3. The van der Waals surface area contributed by atoms with Crippen LogP contribution in [0.2, 0.25) is 0 Å². The molecule has 5 nitrogen and oxygen atoms in total. The number of rotatable bonds is 3. The molecule has 0 saturated heterocycles. The van der Waals surface area contributed by atoms with E-state index in [0.717, 1.165) is 16.3 Å². The van der Waals surface area contributed by atoms with E-state index in [1.54, 1.807) is 30.6 Å². The summed E-state index contributed by atoms with van der Waals surface area (Å²) in [6.45, 7) is 0. The van der Waals surface area contributed by atoms with Crippen LogP contribution >= 0.6 is 0 Å². The molecule has 24 heavy (non-hydrogen) atoms. The Labute approximate surface area is 138 Å². The summed E-state index contributed by atoms with van der Waals surface area (Å²) in [6.07, 6.45) is 4.95. The second-order valence-electron chi connectivity index (χ2n) is 5.11. The highest BCUT2D eigenvalue weighted by atomic mass is 16.3. The van der Waals surface area contributed by atoms with Gasteiger partial charge in [-0.05, 0) is 47.4 Å². The number of nitriles is 1. The molecule has 0 fully saturated rings. The minimum Gasteiger partial charge on any atom is -0.508 e. The first kappa shape index (κ1) is 15.3. The van der Waals surface area contributed by atoms with Gasteiger partial charge in [-0.25, -0.2) is 0 Å². The summed E-state index contributed by atoms with van der Waals surface area (Å²) in [4.78, 5) is 16.4. The van der Waals surface area contributed by atoms with Crippen molar-refractivity contribution in [3.8, 4) is 11.8 Å². The van der Waals surface area contributed by atoms with Crippen LogP contribution in [0.4, 0.5) is 5.69 Å². The van der Waals surface area contributed by atoms with E-state index in [1.807, 2.05) is 30.3 Å². The summed E-state index contributed by atoms with van der Waals surface area (Å²) in [5, 5.41) is 23.1. The van der Waals surface area contributed by atoms with Crippen molar-refractivity contribution < 1.29 is 9.90 Å². The number of hydrogen-bond donors (Lipinski definition) is 2. The summed E-state index contributed by atoms with van der Waals surface area (Å²) in [7, 11) is 0. The molecule has 1 aromatic heterocycles. The van der Waals surface area contributed by atoms with Crippen molar-refractivity contribution in [3.05, 3.63) is 72.1 Å². The van der Waals surface area contributed by atoms with Crippen molar-refractivity contribution in [2.75, 3.05) is 5.32 Å². The maximum absolute atomic E-state index is 12.3. The molecular weight excluding hydrogens is 302 g/mol. The Hall–Kier alpha value is -3.65. The average molecular weight is 315 g/mol. The number of carbonyl (C=O) groups is 1. The van der Waals surface area contributed by atoms with Gasteiger partial charge in [-0.3, -0.25) is 9.78 Å².